The van der Waals surface area contributed by atoms with E-state index in [1.54, 1.807) is 0 Å². The summed E-state index contributed by atoms with van der Waals surface area (Å²) >= 11 is 0. The van der Waals surface area contributed by atoms with E-state index in [1.165, 1.54) is 43.1 Å². The van der Waals surface area contributed by atoms with Gasteiger partial charge in [0.05, 0.1) is 26.2 Å². The Morgan fingerprint density at radius 2 is 1.29 bits per heavy atom. The normalized spacial score (nSPS) is 13.3. The van der Waals surface area contributed by atoms with Gasteiger partial charge in [0.15, 0.2) is 0 Å². The minimum absolute atomic E-state index is 0.805. The molecule has 2 heteroatoms. The molecular formula is C12H30NSi+. The van der Waals surface area contributed by atoms with Crippen LogP contribution in [0.2, 0.25) is 25.7 Å². The molecule has 0 aromatic carbocycles. The zero-order chi connectivity index (χ0) is 11.2. The first-order valence-corrected chi connectivity index (χ1v) is 9.95. The van der Waals surface area contributed by atoms with Gasteiger partial charge in [-0.15, -0.1) is 0 Å². The molecule has 0 aromatic rings. The van der Waals surface area contributed by atoms with E-state index < -0.39 is 8.07 Å². The zero-order valence-corrected chi connectivity index (χ0v) is 12.2. The van der Waals surface area contributed by atoms with Gasteiger partial charge in [-0.25, -0.2) is 0 Å². The van der Waals surface area contributed by atoms with Gasteiger partial charge in [-0.3, -0.25) is 0 Å². The molecule has 0 saturated heterocycles. The maximum absolute atomic E-state index is 2.48. The fourth-order valence-corrected chi connectivity index (χ4v) is 3.31. The van der Waals surface area contributed by atoms with Crippen molar-refractivity contribution in [2.45, 2.75) is 52.9 Å². The maximum Gasteiger partial charge on any atom is 0.0783 e. The number of hydrogen-bond donors (Lipinski definition) is 0. The van der Waals surface area contributed by atoms with E-state index in [9.17, 15) is 0 Å². The minimum atomic E-state index is -0.805. The van der Waals surface area contributed by atoms with Crippen molar-refractivity contribution in [1.29, 1.82) is 0 Å². The van der Waals surface area contributed by atoms with Gasteiger partial charge in [0.1, 0.15) is 0 Å². The number of hydrogen-bond acceptors (Lipinski definition) is 0. The van der Waals surface area contributed by atoms with Crippen LogP contribution in [-0.4, -0.2) is 38.7 Å². The highest BCUT2D eigenvalue weighted by Gasteiger charge is 2.21. The predicted octanol–water partition coefficient (Wildman–Crippen LogP) is 3.59. The third-order valence-electron chi connectivity index (χ3n) is 3.57. The van der Waals surface area contributed by atoms with Crippen LogP contribution in [0, 0.1) is 0 Å². The first-order chi connectivity index (χ1) is 6.39. The molecule has 0 spiro atoms. The largest absolute Gasteiger partial charge is 0.324 e. The van der Waals surface area contributed by atoms with Crippen LogP contribution in [-0.2, 0) is 0 Å². The summed E-state index contributed by atoms with van der Waals surface area (Å²) in [6, 6.07) is 1.49. The van der Waals surface area contributed by atoms with Gasteiger partial charge in [-0.1, -0.05) is 25.7 Å². The molecule has 0 atom stereocenters. The Kier molecular flexibility index (Phi) is 5.99. The molecule has 0 rings (SSSR count). The Morgan fingerprint density at radius 1 is 0.857 bits per heavy atom. The highest BCUT2D eigenvalue weighted by molar-refractivity contribution is 6.76. The highest BCUT2D eigenvalue weighted by Crippen LogP contribution is 2.15. The van der Waals surface area contributed by atoms with Crippen LogP contribution in [0.1, 0.15) is 27.2 Å². The zero-order valence-electron chi connectivity index (χ0n) is 11.2. The van der Waals surface area contributed by atoms with Crippen molar-refractivity contribution in [3.8, 4) is 0 Å². The minimum Gasteiger partial charge on any atom is -0.324 e. The van der Waals surface area contributed by atoms with Crippen molar-refractivity contribution in [2.24, 2.45) is 0 Å². The quantitative estimate of drug-likeness (QED) is 0.451. The van der Waals surface area contributed by atoms with Crippen molar-refractivity contribution in [3.63, 3.8) is 0 Å². The van der Waals surface area contributed by atoms with Crippen molar-refractivity contribution in [3.05, 3.63) is 0 Å². The molecule has 0 aromatic heterocycles. The van der Waals surface area contributed by atoms with Crippen LogP contribution < -0.4 is 0 Å². The van der Waals surface area contributed by atoms with E-state index in [4.69, 9.17) is 0 Å². The third kappa shape index (κ3) is 5.16. The number of nitrogens with zero attached hydrogens (tertiary/aromatic N) is 1. The van der Waals surface area contributed by atoms with Gasteiger partial charge in [0.2, 0.25) is 0 Å². The lowest BCUT2D eigenvalue weighted by Gasteiger charge is -2.36. The van der Waals surface area contributed by atoms with Gasteiger partial charge in [-0.2, -0.15) is 0 Å². The Hall–Kier alpha value is 0.177. The monoisotopic (exact) mass is 216 g/mol. The van der Waals surface area contributed by atoms with Gasteiger partial charge in [0.25, 0.3) is 0 Å². The van der Waals surface area contributed by atoms with Crippen molar-refractivity contribution < 1.29 is 4.48 Å². The van der Waals surface area contributed by atoms with E-state index in [2.05, 4.69) is 40.4 Å². The second-order valence-electron chi connectivity index (χ2n) is 5.68. The van der Waals surface area contributed by atoms with E-state index >= 15 is 0 Å². The Labute approximate surface area is 92.1 Å². The number of quaternary nitrogens is 1. The summed E-state index contributed by atoms with van der Waals surface area (Å²) in [5.41, 5.74) is 0. The van der Waals surface area contributed by atoms with E-state index in [-0.39, 0.29) is 0 Å². The molecule has 86 valence electrons. The molecule has 14 heavy (non-hydrogen) atoms. The molecule has 0 bridgehead atoms. The second kappa shape index (κ2) is 5.91. The average Bonchev–Trinajstić information content (AvgIpc) is 2.11. The Balaban J connectivity index is 3.95. The summed E-state index contributed by atoms with van der Waals surface area (Å²) < 4.78 is 1.32. The SMILES string of the molecule is CC[N+](CC)(CC)CCC[Si](C)(C)C. The molecule has 0 aliphatic carbocycles. The van der Waals surface area contributed by atoms with Crippen LogP contribution in [0.3, 0.4) is 0 Å². The Morgan fingerprint density at radius 3 is 1.57 bits per heavy atom. The van der Waals surface area contributed by atoms with Crippen LogP contribution in [0.5, 0.6) is 0 Å². The smallest absolute Gasteiger partial charge is 0.0783 e. The molecule has 0 fully saturated rings. The summed E-state index contributed by atoms with van der Waals surface area (Å²) in [7, 11) is -0.805. The van der Waals surface area contributed by atoms with Gasteiger partial charge in [0, 0.05) is 8.07 Å². The molecule has 0 amide bonds. The second-order valence-corrected chi connectivity index (χ2v) is 11.3. The summed E-state index contributed by atoms with van der Waals surface area (Å²) in [5, 5.41) is 0. The molecule has 0 aliphatic rings. The third-order valence-corrected chi connectivity index (χ3v) is 5.43. The van der Waals surface area contributed by atoms with Crippen LogP contribution in [0.25, 0.3) is 0 Å². The first kappa shape index (κ1) is 14.2. The predicted molar refractivity (Wildman–Crippen MR) is 69.5 cm³/mol. The molecule has 0 aliphatic heterocycles. The molecular weight excluding hydrogens is 186 g/mol. The molecule has 0 N–H and O–H groups in total. The van der Waals surface area contributed by atoms with Crippen LogP contribution in [0.15, 0.2) is 0 Å². The first-order valence-electron chi connectivity index (χ1n) is 6.24. The summed E-state index contributed by atoms with van der Waals surface area (Å²) in [6.07, 6.45) is 1.44. The fraction of sp³-hybridized carbons (Fsp3) is 1.00. The lowest BCUT2D eigenvalue weighted by molar-refractivity contribution is -0.923. The van der Waals surface area contributed by atoms with Crippen molar-refractivity contribution >= 4 is 8.07 Å². The summed E-state index contributed by atoms with van der Waals surface area (Å²) in [4.78, 5) is 0. The van der Waals surface area contributed by atoms with Crippen LogP contribution >= 0.6 is 0 Å². The lowest BCUT2D eigenvalue weighted by atomic mass is 10.3. The topological polar surface area (TPSA) is 0 Å². The van der Waals surface area contributed by atoms with Crippen molar-refractivity contribution in [1.82, 2.24) is 0 Å². The van der Waals surface area contributed by atoms with E-state index in [0.29, 0.717) is 0 Å². The molecule has 0 heterocycles. The fourth-order valence-electron chi connectivity index (χ4n) is 2.09. The Bertz CT molecular complexity index is 137. The highest BCUT2D eigenvalue weighted by atomic mass is 28.3. The standard InChI is InChI=1S/C12H30NSi/c1-7-13(8-2,9-3)11-10-12-14(4,5)6/h7-12H2,1-6H3/q+1. The average molecular weight is 216 g/mol. The summed E-state index contributed by atoms with van der Waals surface area (Å²) in [6.45, 7) is 19.7. The van der Waals surface area contributed by atoms with E-state index in [1.807, 2.05) is 0 Å². The molecule has 0 saturated carbocycles. The van der Waals surface area contributed by atoms with E-state index in [0.717, 1.165) is 0 Å². The van der Waals surface area contributed by atoms with Gasteiger partial charge < -0.3 is 4.48 Å². The molecule has 1 nitrogen and oxygen atoms in total. The molecule has 0 unspecified atom stereocenters. The maximum atomic E-state index is 2.48. The summed E-state index contributed by atoms with van der Waals surface area (Å²) in [5.74, 6) is 0. The van der Waals surface area contributed by atoms with Gasteiger partial charge >= 0.3 is 0 Å². The van der Waals surface area contributed by atoms with Crippen LogP contribution in [0.4, 0.5) is 0 Å². The van der Waals surface area contributed by atoms with Crippen molar-refractivity contribution in [2.75, 3.05) is 26.2 Å². The lowest BCUT2D eigenvalue weighted by Crippen LogP contribution is -2.48. The molecule has 0 radical (unpaired) electrons. The van der Waals surface area contributed by atoms with Gasteiger partial charge in [-0.05, 0) is 27.2 Å². The number of rotatable bonds is 7.